The quantitative estimate of drug-likeness (QED) is 0.914. The minimum absolute atomic E-state index is 0.340. The van der Waals surface area contributed by atoms with E-state index in [9.17, 15) is 0 Å². The van der Waals surface area contributed by atoms with E-state index in [1.165, 1.54) is 12.1 Å². The van der Waals surface area contributed by atoms with E-state index in [1.807, 2.05) is 0 Å². The Labute approximate surface area is 119 Å². The number of nitrogens with zero attached hydrogens (tertiary/aromatic N) is 2. The molecular weight excluding hydrogens is 254 g/mol. The first-order valence-corrected chi connectivity index (χ1v) is 7.72. The van der Waals surface area contributed by atoms with Crippen LogP contribution in [0.25, 0.3) is 0 Å². The molecule has 1 N–H and O–H groups in total. The second-order valence-electron chi connectivity index (χ2n) is 5.90. The average Bonchev–Trinajstić information content (AvgIpc) is 3.10. The number of rotatable bonds is 3. The Morgan fingerprint density at radius 2 is 2.25 bits per heavy atom. The molecule has 5 nitrogen and oxygen atoms in total. The normalized spacial score (nSPS) is 31.4. The molecule has 0 saturated carbocycles. The average molecular weight is 275 g/mol. The molecular formula is C15H21N3O2. The van der Waals surface area contributed by atoms with Crippen LogP contribution in [0.15, 0.2) is 0 Å². The summed E-state index contributed by atoms with van der Waals surface area (Å²) in [6, 6.07) is 0. The van der Waals surface area contributed by atoms with E-state index in [0.29, 0.717) is 24.7 Å². The van der Waals surface area contributed by atoms with Gasteiger partial charge in [0.25, 0.3) is 0 Å². The third-order valence-corrected chi connectivity index (χ3v) is 4.62. The van der Waals surface area contributed by atoms with Gasteiger partial charge < -0.3 is 14.8 Å². The summed E-state index contributed by atoms with van der Waals surface area (Å²) < 4.78 is 11.5. The van der Waals surface area contributed by atoms with Gasteiger partial charge >= 0.3 is 0 Å². The highest BCUT2D eigenvalue weighted by Crippen LogP contribution is 2.44. The van der Waals surface area contributed by atoms with E-state index in [1.54, 1.807) is 0 Å². The fourth-order valence-corrected chi connectivity index (χ4v) is 3.64. The van der Waals surface area contributed by atoms with E-state index >= 15 is 0 Å². The number of anilines is 1. The molecule has 3 aliphatic rings. The number of nitrogens with one attached hydrogen (secondary N) is 1. The van der Waals surface area contributed by atoms with Gasteiger partial charge in [0.15, 0.2) is 0 Å². The van der Waals surface area contributed by atoms with Gasteiger partial charge in [-0.3, -0.25) is 0 Å². The van der Waals surface area contributed by atoms with Crippen molar-refractivity contribution < 1.29 is 9.47 Å². The zero-order chi connectivity index (χ0) is 13.5. The predicted molar refractivity (Wildman–Crippen MR) is 74.8 cm³/mol. The van der Waals surface area contributed by atoms with Gasteiger partial charge in [-0.2, -0.15) is 0 Å². The molecule has 20 heavy (non-hydrogen) atoms. The van der Waals surface area contributed by atoms with Crippen LogP contribution in [0.5, 0.6) is 0 Å². The van der Waals surface area contributed by atoms with Crippen LogP contribution in [-0.2, 0) is 22.5 Å². The summed E-state index contributed by atoms with van der Waals surface area (Å²) in [7, 11) is 0. The summed E-state index contributed by atoms with van der Waals surface area (Å²) in [5.74, 6) is 2.34. The van der Waals surface area contributed by atoms with Gasteiger partial charge in [0.2, 0.25) is 0 Å². The van der Waals surface area contributed by atoms with Gasteiger partial charge in [-0.15, -0.1) is 0 Å². The lowest BCUT2D eigenvalue weighted by atomic mass is 9.88. The lowest BCUT2D eigenvalue weighted by Gasteiger charge is -2.23. The Morgan fingerprint density at radius 1 is 1.30 bits per heavy atom. The van der Waals surface area contributed by atoms with E-state index in [0.717, 1.165) is 49.6 Å². The third kappa shape index (κ3) is 2.00. The molecule has 1 aromatic rings. The number of fused-ring (bicyclic) bond motifs is 3. The predicted octanol–water partition coefficient (Wildman–Crippen LogP) is 2.02. The van der Waals surface area contributed by atoms with Crippen molar-refractivity contribution in [3.8, 4) is 0 Å². The first-order valence-electron chi connectivity index (χ1n) is 7.72. The summed E-state index contributed by atoms with van der Waals surface area (Å²) >= 11 is 0. The van der Waals surface area contributed by atoms with Crippen LogP contribution in [-0.4, -0.2) is 35.3 Å². The van der Waals surface area contributed by atoms with Gasteiger partial charge in [-0.25, -0.2) is 9.97 Å². The topological polar surface area (TPSA) is 56.3 Å². The molecule has 0 spiro atoms. The van der Waals surface area contributed by atoms with Crippen molar-refractivity contribution >= 4 is 5.82 Å². The van der Waals surface area contributed by atoms with Gasteiger partial charge in [0.05, 0.1) is 31.1 Å². The number of hydrogen-bond acceptors (Lipinski definition) is 5. The Morgan fingerprint density at radius 3 is 3.00 bits per heavy atom. The van der Waals surface area contributed by atoms with Crippen molar-refractivity contribution in [2.24, 2.45) is 0 Å². The molecule has 0 aliphatic carbocycles. The van der Waals surface area contributed by atoms with Crippen molar-refractivity contribution in [2.75, 3.05) is 18.5 Å². The summed E-state index contributed by atoms with van der Waals surface area (Å²) in [5, 5.41) is 3.37. The number of hydrogen-bond donors (Lipinski definition) is 1. The van der Waals surface area contributed by atoms with Gasteiger partial charge in [0, 0.05) is 24.4 Å². The SMILES string of the molecule is CCNc1nc(C2CC3CCC2O3)nc2c1COCC2. The highest BCUT2D eigenvalue weighted by molar-refractivity contribution is 5.47. The maximum atomic E-state index is 5.96. The molecule has 0 radical (unpaired) electrons. The zero-order valence-electron chi connectivity index (χ0n) is 11.9. The second kappa shape index (κ2) is 4.97. The molecule has 5 heteroatoms. The van der Waals surface area contributed by atoms with Crippen LogP contribution >= 0.6 is 0 Å². The Balaban J connectivity index is 1.71. The van der Waals surface area contributed by atoms with Crippen LogP contribution in [0.4, 0.5) is 5.82 Å². The molecule has 2 fully saturated rings. The molecule has 4 rings (SSSR count). The molecule has 1 aromatic heterocycles. The van der Waals surface area contributed by atoms with Gasteiger partial charge in [-0.05, 0) is 26.2 Å². The Bertz CT molecular complexity index is 520. The van der Waals surface area contributed by atoms with Crippen molar-refractivity contribution in [1.29, 1.82) is 0 Å². The largest absolute Gasteiger partial charge is 0.376 e. The molecule has 2 bridgehead atoms. The minimum atomic E-state index is 0.340. The van der Waals surface area contributed by atoms with E-state index in [4.69, 9.17) is 19.4 Å². The van der Waals surface area contributed by atoms with Gasteiger partial charge in [0.1, 0.15) is 11.6 Å². The standard InChI is InChI=1S/C15H21N3O2/c1-2-16-14-11-8-19-6-5-12(11)17-15(18-14)10-7-9-3-4-13(10)20-9/h9-10,13H,2-8H2,1H3,(H,16,17,18). The van der Waals surface area contributed by atoms with Crippen LogP contribution in [0.1, 0.15) is 49.2 Å². The number of ether oxygens (including phenoxy) is 2. The molecule has 0 aromatic carbocycles. The van der Waals surface area contributed by atoms with Gasteiger partial charge in [-0.1, -0.05) is 0 Å². The van der Waals surface area contributed by atoms with Crippen LogP contribution in [0.3, 0.4) is 0 Å². The Hall–Kier alpha value is -1.20. The van der Waals surface area contributed by atoms with Crippen LogP contribution < -0.4 is 5.32 Å². The van der Waals surface area contributed by atoms with E-state index < -0.39 is 0 Å². The fraction of sp³-hybridized carbons (Fsp3) is 0.733. The smallest absolute Gasteiger partial charge is 0.136 e. The maximum absolute atomic E-state index is 5.96. The highest BCUT2D eigenvalue weighted by atomic mass is 16.5. The zero-order valence-corrected chi connectivity index (χ0v) is 11.9. The van der Waals surface area contributed by atoms with E-state index in [-0.39, 0.29) is 0 Å². The first-order chi connectivity index (χ1) is 9.85. The number of aromatic nitrogens is 2. The minimum Gasteiger partial charge on any atom is -0.376 e. The molecule has 4 heterocycles. The Kier molecular flexibility index (Phi) is 3.11. The van der Waals surface area contributed by atoms with Crippen molar-refractivity contribution in [1.82, 2.24) is 9.97 Å². The summed E-state index contributed by atoms with van der Waals surface area (Å²) in [6.07, 6.45) is 5.13. The van der Waals surface area contributed by atoms with Crippen molar-refractivity contribution in [3.05, 3.63) is 17.1 Å². The van der Waals surface area contributed by atoms with Crippen LogP contribution in [0.2, 0.25) is 0 Å². The lowest BCUT2D eigenvalue weighted by molar-refractivity contribution is 0.0993. The summed E-state index contributed by atoms with van der Waals surface area (Å²) in [5.41, 5.74) is 2.31. The maximum Gasteiger partial charge on any atom is 0.136 e. The molecule has 2 saturated heterocycles. The highest BCUT2D eigenvalue weighted by Gasteiger charge is 2.43. The monoisotopic (exact) mass is 275 g/mol. The third-order valence-electron chi connectivity index (χ3n) is 4.62. The molecule has 0 amide bonds. The summed E-state index contributed by atoms with van der Waals surface area (Å²) in [6.45, 7) is 4.36. The molecule has 3 unspecified atom stereocenters. The van der Waals surface area contributed by atoms with E-state index in [2.05, 4.69) is 12.2 Å². The fourth-order valence-electron chi connectivity index (χ4n) is 3.64. The van der Waals surface area contributed by atoms with Crippen molar-refractivity contribution in [2.45, 2.75) is 57.3 Å². The summed E-state index contributed by atoms with van der Waals surface area (Å²) in [4.78, 5) is 9.64. The first kappa shape index (κ1) is 12.5. The van der Waals surface area contributed by atoms with Crippen LogP contribution in [0, 0.1) is 0 Å². The lowest BCUT2D eigenvalue weighted by Crippen LogP contribution is -2.22. The van der Waals surface area contributed by atoms with Crippen molar-refractivity contribution in [3.63, 3.8) is 0 Å². The second-order valence-corrected chi connectivity index (χ2v) is 5.90. The molecule has 108 valence electrons. The molecule has 3 atom stereocenters. The molecule has 3 aliphatic heterocycles.